The van der Waals surface area contributed by atoms with Crippen LogP contribution in [0.25, 0.3) is 0 Å². The molecule has 2 aliphatic heterocycles. The second-order valence-electron chi connectivity index (χ2n) is 7.58. The fourth-order valence-electron chi connectivity index (χ4n) is 3.60. The summed E-state index contributed by atoms with van der Waals surface area (Å²) in [7, 11) is 2.02. The molecule has 1 unspecified atom stereocenters. The molecule has 9 nitrogen and oxygen atoms in total. The van der Waals surface area contributed by atoms with E-state index in [4.69, 9.17) is 14.2 Å². The first-order valence-corrected chi connectivity index (χ1v) is 11.9. The Morgan fingerprint density at radius 2 is 1.88 bits per heavy atom. The van der Waals surface area contributed by atoms with Gasteiger partial charge >= 0.3 is 6.09 Å². The predicted octanol–water partition coefficient (Wildman–Crippen LogP) is 3.08. The van der Waals surface area contributed by atoms with Gasteiger partial charge in [-0.25, -0.2) is 9.80 Å². The van der Waals surface area contributed by atoms with Crippen LogP contribution in [0.5, 0.6) is 5.06 Å². The lowest BCUT2D eigenvalue weighted by atomic mass is 9.97. The third kappa shape index (κ3) is 5.41. The van der Waals surface area contributed by atoms with E-state index in [0.29, 0.717) is 37.0 Å². The largest absolute Gasteiger partial charge is 0.414 e. The van der Waals surface area contributed by atoms with Gasteiger partial charge in [0.05, 0.1) is 35.8 Å². The maximum absolute atomic E-state index is 13.1. The fourth-order valence-corrected chi connectivity index (χ4v) is 4.79. The normalized spacial score (nSPS) is 21.8. The highest BCUT2D eigenvalue weighted by atomic mass is 79.9. The molecule has 1 atom stereocenters. The van der Waals surface area contributed by atoms with Gasteiger partial charge in [-0.05, 0) is 52.3 Å². The van der Waals surface area contributed by atoms with Gasteiger partial charge in [0.25, 0.3) is 5.91 Å². The summed E-state index contributed by atoms with van der Waals surface area (Å²) in [6.07, 6.45) is -0.333. The van der Waals surface area contributed by atoms with Crippen LogP contribution >= 0.6 is 27.3 Å². The van der Waals surface area contributed by atoms with Crippen molar-refractivity contribution in [1.82, 2.24) is 10.3 Å². The van der Waals surface area contributed by atoms with E-state index in [2.05, 4.69) is 36.6 Å². The quantitative estimate of drug-likeness (QED) is 0.620. The van der Waals surface area contributed by atoms with Gasteiger partial charge in [-0.1, -0.05) is 11.3 Å². The van der Waals surface area contributed by atoms with Crippen molar-refractivity contribution < 1.29 is 23.8 Å². The van der Waals surface area contributed by atoms with Crippen LogP contribution in [0, 0.1) is 0 Å². The van der Waals surface area contributed by atoms with Crippen molar-refractivity contribution in [1.29, 1.82) is 0 Å². The van der Waals surface area contributed by atoms with Crippen LogP contribution in [0.3, 0.4) is 0 Å². The number of halogens is 1. The Balaban J connectivity index is 1.40. The lowest BCUT2D eigenvalue weighted by Gasteiger charge is -2.31. The fraction of sp³-hybridized carbons (Fsp3) is 0.429. The molecule has 0 spiro atoms. The van der Waals surface area contributed by atoms with E-state index in [1.54, 1.807) is 12.1 Å². The number of nitrogens with one attached hydrogen (secondary N) is 2. The van der Waals surface area contributed by atoms with Gasteiger partial charge in [-0.15, -0.1) is 0 Å². The average molecular weight is 525 g/mol. The zero-order chi connectivity index (χ0) is 22.6. The minimum Gasteiger partial charge on any atom is -0.399 e. The third-order valence-corrected chi connectivity index (χ3v) is 6.88. The Morgan fingerprint density at radius 3 is 2.56 bits per heavy atom. The summed E-state index contributed by atoms with van der Waals surface area (Å²) in [6.45, 7) is 3.39. The number of hydrogen-bond donors (Lipinski definition) is 2. The monoisotopic (exact) mass is 524 g/mol. The highest BCUT2D eigenvalue weighted by Gasteiger charge is 2.44. The molecule has 0 saturated carbocycles. The van der Waals surface area contributed by atoms with E-state index >= 15 is 0 Å². The summed E-state index contributed by atoms with van der Waals surface area (Å²) in [5.41, 5.74) is 0.460. The minimum absolute atomic E-state index is 0.0821. The molecule has 172 valence electrons. The second kappa shape index (κ2) is 10.2. The number of carbonyl (C=O) groups is 2. The average Bonchev–Trinajstić information content (AvgIpc) is 3.35. The predicted molar refractivity (Wildman–Crippen MR) is 125 cm³/mol. The first kappa shape index (κ1) is 23.0. The van der Waals surface area contributed by atoms with Crippen molar-refractivity contribution in [3.8, 4) is 5.06 Å². The zero-order valence-electron chi connectivity index (χ0n) is 17.6. The Bertz CT molecular complexity index is 948. The van der Waals surface area contributed by atoms with Gasteiger partial charge in [0.15, 0.2) is 5.06 Å². The van der Waals surface area contributed by atoms with Gasteiger partial charge in [0.1, 0.15) is 5.54 Å². The van der Waals surface area contributed by atoms with Crippen LogP contribution in [0.4, 0.5) is 16.2 Å². The smallest absolute Gasteiger partial charge is 0.399 e. The number of ether oxygens (including phenoxy) is 3. The molecule has 4 rings (SSSR count). The number of benzene rings is 1. The lowest BCUT2D eigenvalue weighted by molar-refractivity contribution is -0.122. The molecule has 2 amide bonds. The number of likely N-dealkylation sites (N-methyl/N-ethyl adjacent to an activating group) is 1. The van der Waals surface area contributed by atoms with Gasteiger partial charge in [-0.2, -0.15) is 0 Å². The van der Waals surface area contributed by atoms with Crippen molar-refractivity contribution >= 4 is 50.6 Å². The summed E-state index contributed by atoms with van der Waals surface area (Å²) >= 11 is 4.61. The van der Waals surface area contributed by atoms with Crippen molar-refractivity contribution in [3.05, 3.63) is 40.2 Å². The number of hydrogen-bond acceptors (Lipinski definition) is 8. The Hall–Kier alpha value is -2.18. The van der Waals surface area contributed by atoms with Crippen LogP contribution in [0.15, 0.2) is 40.2 Å². The van der Waals surface area contributed by atoms with E-state index in [-0.39, 0.29) is 12.5 Å². The lowest BCUT2D eigenvalue weighted by Crippen LogP contribution is -2.58. The van der Waals surface area contributed by atoms with Gasteiger partial charge in [0.2, 0.25) is 0 Å². The van der Waals surface area contributed by atoms with Gasteiger partial charge in [0, 0.05) is 32.3 Å². The molecule has 2 fully saturated rings. The molecule has 32 heavy (non-hydrogen) atoms. The molecule has 2 N–H and O–H groups in total. The Kier molecular flexibility index (Phi) is 7.31. The highest BCUT2D eigenvalue weighted by Crippen LogP contribution is 2.29. The molecule has 0 aliphatic carbocycles. The molecule has 2 saturated heterocycles. The molecule has 11 heteroatoms. The zero-order valence-corrected chi connectivity index (χ0v) is 20.0. The maximum Gasteiger partial charge on any atom is 0.414 e. The van der Waals surface area contributed by atoms with Crippen LogP contribution in [-0.2, 0) is 14.3 Å². The SMILES string of the molecule is CN1CCOCCN1c1ccc(NC(=O)C2(NC(=O)Oc3ccc(Br)s3)CCOC2)cc1. The summed E-state index contributed by atoms with van der Waals surface area (Å²) in [5.74, 6) is -0.340. The maximum atomic E-state index is 13.1. The molecular weight excluding hydrogens is 500 g/mol. The molecule has 0 radical (unpaired) electrons. The van der Waals surface area contributed by atoms with Crippen LogP contribution in [0.1, 0.15) is 6.42 Å². The first-order chi connectivity index (χ1) is 15.4. The van der Waals surface area contributed by atoms with Crippen molar-refractivity contribution in [2.24, 2.45) is 0 Å². The molecule has 3 heterocycles. The number of amides is 2. The second-order valence-corrected chi connectivity index (χ2v) is 10.0. The minimum atomic E-state index is -1.19. The Labute approximate surface area is 198 Å². The number of carbonyl (C=O) groups excluding carboxylic acids is 2. The molecule has 2 aromatic rings. The summed E-state index contributed by atoms with van der Waals surface area (Å²) in [6, 6.07) is 11.1. The summed E-state index contributed by atoms with van der Waals surface area (Å²) < 4.78 is 17.1. The Morgan fingerprint density at radius 1 is 1.09 bits per heavy atom. The van der Waals surface area contributed by atoms with Crippen LogP contribution in [-0.4, -0.2) is 69.1 Å². The van der Waals surface area contributed by atoms with Crippen molar-refractivity contribution in [2.45, 2.75) is 12.0 Å². The number of hydrazine groups is 1. The topological polar surface area (TPSA) is 92.4 Å². The molecule has 2 aliphatic rings. The molecular formula is C21H25BrN4O5S. The highest BCUT2D eigenvalue weighted by molar-refractivity contribution is 9.11. The van der Waals surface area contributed by atoms with E-state index in [1.807, 2.05) is 31.3 Å². The van der Waals surface area contributed by atoms with Crippen molar-refractivity contribution in [3.63, 3.8) is 0 Å². The summed E-state index contributed by atoms with van der Waals surface area (Å²) in [5, 5.41) is 10.3. The van der Waals surface area contributed by atoms with Crippen molar-refractivity contribution in [2.75, 3.05) is 56.9 Å². The van der Waals surface area contributed by atoms with Gasteiger partial charge < -0.3 is 29.9 Å². The molecule has 0 bridgehead atoms. The summed E-state index contributed by atoms with van der Waals surface area (Å²) in [4.78, 5) is 25.5. The van der Waals surface area contributed by atoms with E-state index in [9.17, 15) is 9.59 Å². The van der Waals surface area contributed by atoms with E-state index in [1.165, 1.54) is 11.3 Å². The van der Waals surface area contributed by atoms with Gasteiger partial charge in [-0.3, -0.25) is 4.79 Å². The van der Waals surface area contributed by atoms with E-state index in [0.717, 1.165) is 22.6 Å². The standard InChI is InChI=1S/C21H25BrN4O5S/c1-25-9-12-29-13-10-26(25)16-4-2-15(3-5-16)23-19(27)21(8-11-30-14-21)24-20(28)31-18-7-6-17(22)32-18/h2-7H,8-14H2,1H3,(H,23,27)(H,24,28). The number of thiophene rings is 1. The third-order valence-electron chi connectivity index (χ3n) is 5.38. The molecule has 1 aromatic heterocycles. The van der Waals surface area contributed by atoms with Crippen LogP contribution in [0.2, 0.25) is 0 Å². The van der Waals surface area contributed by atoms with E-state index < -0.39 is 11.6 Å². The first-order valence-electron chi connectivity index (χ1n) is 10.3. The number of nitrogens with zero attached hydrogens (tertiary/aromatic N) is 2. The molecule has 1 aromatic carbocycles. The van der Waals surface area contributed by atoms with Crippen LogP contribution < -0.4 is 20.4 Å². The number of anilines is 2. The number of rotatable bonds is 5.